The normalized spacial score (nSPS) is 12.3. The monoisotopic (exact) mass is 412 g/mol. The first-order valence-corrected chi connectivity index (χ1v) is 10.9. The fraction of sp³-hybridized carbons (Fsp3) is 0.259. The molecule has 4 aromatic rings. The highest BCUT2D eigenvalue weighted by Crippen LogP contribution is 2.28. The Balaban J connectivity index is 1.49. The molecule has 4 heteroatoms. The summed E-state index contributed by atoms with van der Waals surface area (Å²) in [5, 5.41) is 2.95. The summed E-state index contributed by atoms with van der Waals surface area (Å²) in [5.41, 5.74) is 6.39. The smallest absolute Gasteiger partial charge is 0.255 e. The Bertz CT molecular complexity index is 1190. The fourth-order valence-corrected chi connectivity index (χ4v) is 3.53. The number of anilines is 1. The summed E-state index contributed by atoms with van der Waals surface area (Å²) < 4.78 is 5.94. The van der Waals surface area contributed by atoms with Crippen molar-refractivity contribution in [2.24, 2.45) is 0 Å². The maximum Gasteiger partial charge on any atom is 0.255 e. The van der Waals surface area contributed by atoms with Crippen molar-refractivity contribution in [3.63, 3.8) is 0 Å². The van der Waals surface area contributed by atoms with Crippen molar-refractivity contribution in [3.05, 3.63) is 83.4 Å². The number of carbonyl (C=O) groups excluding carboxylic acids is 1. The van der Waals surface area contributed by atoms with Gasteiger partial charge >= 0.3 is 0 Å². The van der Waals surface area contributed by atoms with Gasteiger partial charge in [-0.15, -0.1) is 0 Å². The quantitative estimate of drug-likeness (QED) is 0.359. The van der Waals surface area contributed by atoms with Crippen molar-refractivity contribution in [1.82, 2.24) is 4.98 Å². The van der Waals surface area contributed by atoms with E-state index in [0.29, 0.717) is 23.3 Å². The third kappa shape index (κ3) is 4.53. The standard InChI is InChI=1S/C27H28N2O2/c1-5-18(4)22-12-15-25-24(16-22)29-27(31-25)21-10-13-23(14-11-21)28-26(30)20-8-6-19(7-9-20)17(2)3/h6-18H,5H2,1-4H3,(H,28,30)/t18-/m0/s1. The summed E-state index contributed by atoms with van der Waals surface area (Å²) in [6.07, 6.45) is 1.09. The number of nitrogens with one attached hydrogen (secondary N) is 1. The molecular weight excluding hydrogens is 384 g/mol. The summed E-state index contributed by atoms with van der Waals surface area (Å²) >= 11 is 0. The molecule has 1 amide bonds. The third-order valence-electron chi connectivity index (χ3n) is 5.82. The summed E-state index contributed by atoms with van der Waals surface area (Å²) in [6, 6.07) is 21.5. The number of aromatic nitrogens is 1. The number of carbonyl (C=O) groups is 1. The number of amides is 1. The molecule has 0 saturated heterocycles. The number of benzene rings is 3. The van der Waals surface area contributed by atoms with E-state index in [-0.39, 0.29) is 5.91 Å². The minimum Gasteiger partial charge on any atom is -0.436 e. The van der Waals surface area contributed by atoms with Crippen LogP contribution in [0.15, 0.2) is 71.1 Å². The molecule has 1 aromatic heterocycles. The Morgan fingerprint density at radius 3 is 2.26 bits per heavy atom. The lowest BCUT2D eigenvalue weighted by Crippen LogP contribution is -2.11. The van der Waals surface area contributed by atoms with Gasteiger partial charge in [-0.1, -0.05) is 45.9 Å². The van der Waals surface area contributed by atoms with Crippen molar-refractivity contribution in [3.8, 4) is 11.5 Å². The van der Waals surface area contributed by atoms with E-state index in [4.69, 9.17) is 4.42 Å². The topological polar surface area (TPSA) is 55.1 Å². The number of nitrogens with zero attached hydrogens (tertiary/aromatic N) is 1. The molecule has 31 heavy (non-hydrogen) atoms. The maximum atomic E-state index is 12.5. The number of hydrogen-bond acceptors (Lipinski definition) is 3. The minimum absolute atomic E-state index is 0.123. The maximum absolute atomic E-state index is 12.5. The second-order valence-corrected chi connectivity index (χ2v) is 8.36. The minimum atomic E-state index is -0.123. The van der Waals surface area contributed by atoms with Crippen LogP contribution in [0.2, 0.25) is 0 Å². The highest BCUT2D eigenvalue weighted by Gasteiger charge is 2.12. The van der Waals surface area contributed by atoms with Crippen LogP contribution in [0, 0.1) is 0 Å². The van der Waals surface area contributed by atoms with Gasteiger partial charge in [0, 0.05) is 16.8 Å². The molecule has 1 atom stereocenters. The molecule has 3 aromatic carbocycles. The third-order valence-corrected chi connectivity index (χ3v) is 5.82. The van der Waals surface area contributed by atoms with Gasteiger partial charge in [-0.3, -0.25) is 4.79 Å². The van der Waals surface area contributed by atoms with E-state index in [1.165, 1.54) is 11.1 Å². The molecule has 0 bridgehead atoms. The van der Waals surface area contributed by atoms with Crippen LogP contribution in [0.25, 0.3) is 22.6 Å². The summed E-state index contributed by atoms with van der Waals surface area (Å²) in [7, 11) is 0. The predicted molar refractivity (Wildman–Crippen MR) is 127 cm³/mol. The van der Waals surface area contributed by atoms with E-state index in [1.54, 1.807) is 0 Å². The van der Waals surface area contributed by atoms with Gasteiger partial charge in [0.15, 0.2) is 5.58 Å². The molecule has 4 rings (SSSR count). The van der Waals surface area contributed by atoms with Crippen molar-refractivity contribution in [2.75, 3.05) is 5.32 Å². The zero-order valence-electron chi connectivity index (χ0n) is 18.5. The van der Waals surface area contributed by atoms with Crippen LogP contribution in [0.1, 0.15) is 67.4 Å². The van der Waals surface area contributed by atoms with Crippen molar-refractivity contribution in [1.29, 1.82) is 0 Å². The second-order valence-electron chi connectivity index (χ2n) is 8.36. The van der Waals surface area contributed by atoms with E-state index in [1.807, 2.05) is 54.6 Å². The highest BCUT2D eigenvalue weighted by atomic mass is 16.3. The van der Waals surface area contributed by atoms with E-state index >= 15 is 0 Å². The molecule has 1 N–H and O–H groups in total. The SMILES string of the molecule is CC[C@H](C)c1ccc2oc(-c3ccc(NC(=O)c4ccc(C(C)C)cc4)cc3)nc2c1. The Labute approximate surface area is 183 Å². The zero-order chi connectivity index (χ0) is 22.0. The predicted octanol–water partition coefficient (Wildman–Crippen LogP) is 7.38. The summed E-state index contributed by atoms with van der Waals surface area (Å²) in [4.78, 5) is 17.2. The van der Waals surface area contributed by atoms with Crippen LogP contribution in [-0.4, -0.2) is 10.9 Å². The Morgan fingerprint density at radius 2 is 1.61 bits per heavy atom. The van der Waals surface area contributed by atoms with Gasteiger partial charge in [0.25, 0.3) is 5.91 Å². The van der Waals surface area contributed by atoms with Gasteiger partial charge < -0.3 is 9.73 Å². The number of fused-ring (bicyclic) bond motifs is 1. The largest absolute Gasteiger partial charge is 0.436 e. The van der Waals surface area contributed by atoms with Gasteiger partial charge in [0.05, 0.1) is 0 Å². The van der Waals surface area contributed by atoms with E-state index in [9.17, 15) is 4.79 Å². The van der Waals surface area contributed by atoms with E-state index < -0.39 is 0 Å². The van der Waals surface area contributed by atoms with Crippen molar-refractivity contribution < 1.29 is 9.21 Å². The molecule has 0 unspecified atom stereocenters. The molecular formula is C27H28N2O2. The summed E-state index contributed by atoms with van der Waals surface area (Å²) in [5.74, 6) is 1.40. The van der Waals surface area contributed by atoms with Crippen LogP contribution < -0.4 is 5.32 Å². The Morgan fingerprint density at radius 1 is 0.935 bits per heavy atom. The Hall–Kier alpha value is -3.40. The van der Waals surface area contributed by atoms with Gasteiger partial charge in [-0.2, -0.15) is 0 Å². The number of rotatable bonds is 6. The van der Waals surface area contributed by atoms with E-state index in [2.05, 4.69) is 50.1 Å². The molecule has 0 saturated carbocycles. The lowest BCUT2D eigenvalue weighted by molar-refractivity contribution is 0.102. The zero-order valence-corrected chi connectivity index (χ0v) is 18.5. The first-order valence-electron chi connectivity index (χ1n) is 10.9. The van der Waals surface area contributed by atoms with Gasteiger partial charge in [-0.05, 0) is 77.9 Å². The molecule has 1 heterocycles. The highest BCUT2D eigenvalue weighted by molar-refractivity contribution is 6.04. The van der Waals surface area contributed by atoms with Gasteiger partial charge in [0.2, 0.25) is 5.89 Å². The van der Waals surface area contributed by atoms with E-state index in [0.717, 1.165) is 28.8 Å². The number of oxazole rings is 1. The molecule has 0 radical (unpaired) electrons. The van der Waals surface area contributed by atoms with Gasteiger partial charge in [0.1, 0.15) is 5.52 Å². The number of hydrogen-bond donors (Lipinski definition) is 1. The van der Waals surface area contributed by atoms with Crippen LogP contribution in [0.4, 0.5) is 5.69 Å². The lowest BCUT2D eigenvalue weighted by atomic mass is 9.98. The molecule has 0 aliphatic heterocycles. The van der Waals surface area contributed by atoms with Gasteiger partial charge in [-0.25, -0.2) is 4.98 Å². The van der Waals surface area contributed by atoms with Crippen molar-refractivity contribution in [2.45, 2.75) is 46.0 Å². The van der Waals surface area contributed by atoms with Crippen LogP contribution in [0.3, 0.4) is 0 Å². The van der Waals surface area contributed by atoms with Crippen LogP contribution >= 0.6 is 0 Å². The fourth-order valence-electron chi connectivity index (χ4n) is 3.53. The van der Waals surface area contributed by atoms with Crippen LogP contribution in [-0.2, 0) is 0 Å². The molecule has 0 spiro atoms. The molecule has 158 valence electrons. The molecule has 0 fully saturated rings. The average molecular weight is 413 g/mol. The molecule has 0 aliphatic carbocycles. The second kappa shape index (κ2) is 8.76. The van der Waals surface area contributed by atoms with Crippen molar-refractivity contribution >= 4 is 22.7 Å². The molecule has 4 nitrogen and oxygen atoms in total. The first kappa shape index (κ1) is 20.9. The molecule has 0 aliphatic rings. The average Bonchev–Trinajstić information content (AvgIpc) is 3.22. The first-order chi connectivity index (χ1) is 14.9. The lowest BCUT2D eigenvalue weighted by Gasteiger charge is -2.08. The summed E-state index contributed by atoms with van der Waals surface area (Å²) in [6.45, 7) is 8.67. The Kier molecular flexibility index (Phi) is 5.90. The van der Waals surface area contributed by atoms with Crippen LogP contribution in [0.5, 0.6) is 0 Å².